The van der Waals surface area contributed by atoms with Gasteiger partial charge < -0.3 is 24.5 Å². The smallest absolute Gasteiger partial charge is 0.335 e. The number of aromatic carboxylic acids is 1. The maximum absolute atomic E-state index is 13.5. The molecule has 0 radical (unpaired) electrons. The molecule has 14 heteroatoms. The van der Waals surface area contributed by atoms with Crippen molar-refractivity contribution in [1.82, 2.24) is 29.8 Å². The molecule has 0 aliphatic heterocycles. The number of carbonyl (C=O) groups is 1. The molecular formula is C42H51N7O6S. The summed E-state index contributed by atoms with van der Waals surface area (Å²) in [5, 5.41) is 13.2. The number of rotatable bonds is 16. The highest BCUT2D eigenvalue weighted by molar-refractivity contribution is 7.92. The van der Waals surface area contributed by atoms with E-state index in [1.165, 1.54) is 48.7 Å². The van der Waals surface area contributed by atoms with Gasteiger partial charge in [-0.3, -0.25) is 4.98 Å². The number of methoxy groups -OCH3 is 1. The van der Waals surface area contributed by atoms with E-state index < -0.39 is 16.0 Å². The summed E-state index contributed by atoms with van der Waals surface area (Å²) in [6, 6.07) is 12.7. The summed E-state index contributed by atoms with van der Waals surface area (Å²) >= 11 is 0. The average Bonchev–Trinajstić information content (AvgIpc) is 3.39. The summed E-state index contributed by atoms with van der Waals surface area (Å²) in [7, 11) is -0.481. The zero-order valence-electron chi connectivity index (χ0n) is 33.1. The number of hydrogen-bond donors (Lipinski definition) is 3. The summed E-state index contributed by atoms with van der Waals surface area (Å²) in [5.74, 6) is -0.389. The maximum atomic E-state index is 13.5. The summed E-state index contributed by atoms with van der Waals surface area (Å²) in [4.78, 5) is 30.5. The Morgan fingerprint density at radius 3 is 2.41 bits per heavy atom. The minimum atomic E-state index is -4.25. The normalized spacial score (nSPS) is 18.3. The molecule has 56 heavy (non-hydrogen) atoms. The molecule has 2 bridgehead atoms. The van der Waals surface area contributed by atoms with Crippen LogP contribution in [-0.2, 0) is 40.2 Å². The summed E-state index contributed by atoms with van der Waals surface area (Å²) in [6.07, 6.45) is 7.19. The molecule has 0 unspecified atom stereocenters. The summed E-state index contributed by atoms with van der Waals surface area (Å²) < 4.78 is 43.6. The number of benzene rings is 2. The van der Waals surface area contributed by atoms with Crippen LogP contribution in [0.3, 0.4) is 0 Å². The van der Waals surface area contributed by atoms with Crippen LogP contribution in [0, 0.1) is 25.2 Å². The van der Waals surface area contributed by atoms with Gasteiger partial charge in [0.05, 0.1) is 34.7 Å². The van der Waals surface area contributed by atoms with Crippen molar-refractivity contribution in [2.45, 2.75) is 89.6 Å². The molecule has 3 N–H and O–H groups in total. The van der Waals surface area contributed by atoms with Gasteiger partial charge in [0, 0.05) is 55.0 Å². The Labute approximate surface area is 328 Å². The lowest BCUT2D eigenvalue weighted by atomic mass is 9.43. The van der Waals surface area contributed by atoms with Crippen LogP contribution in [0.15, 0.2) is 59.6 Å². The molecule has 3 fully saturated rings. The third-order valence-corrected chi connectivity index (χ3v) is 12.5. The number of carboxylic acids is 1. The van der Waals surface area contributed by atoms with Crippen LogP contribution in [0.25, 0.3) is 22.4 Å². The van der Waals surface area contributed by atoms with Crippen molar-refractivity contribution in [1.29, 1.82) is 0 Å². The molecule has 0 amide bonds. The predicted molar refractivity (Wildman–Crippen MR) is 214 cm³/mol. The third kappa shape index (κ3) is 8.00. The van der Waals surface area contributed by atoms with Crippen molar-refractivity contribution >= 4 is 33.1 Å². The second-order valence-electron chi connectivity index (χ2n) is 16.6. The highest BCUT2D eigenvalue weighted by atomic mass is 32.2. The van der Waals surface area contributed by atoms with E-state index in [9.17, 15) is 18.3 Å². The van der Waals surface area contributed by atoms with Gasteiger partial charge in [-0.15, -0.1) is 0 Å². The lowest BCUT2D eigenvalue weighted by Crippen LogP contribution is -2.55. The Balaban J connectivity index is 1.16. The Bertz CT molecular complexity index is 2370. The Morgan fingerprint density at radius 2 is 1.77 bits per heavy atom. The molecular weight excluding hydrogens is 731 g/mol. The first kappa shape index (κ1) is 39.3. The van der Waals surface area contributed by atoms with Crippen LogP contribution in [-0.4, -0.2) is 70.4 Å². The lowest BCUT2D eigenvalue weighted by molar-refractivity contribution is -0.119. The highest BCUT2D eigenvalue weighted by Gasteiger charge is 2.56. The number of aromatic nitrogens is 5. The van der Waals surface area contributed by atoms with Crippen molar-refractivity contribution in [3.05, 3.63) is 88.4 Å². The molecule has 3 aromatic heterocycles. The van der Waals surface area contributed by atoms with Crippen molar-refractivity contribution < 1.29 is 27.8 Å². The van der Waals surface area contributed by atoms with Gasteiger partial charge in [0.15, 0.2) is 5.65 Å². The summed E-state index contributed by atoms with van der Waals surface area (Å²) in [5.41, 5.74) is 8.23. The van der Waals surface area contributed by atoms with Gasteiger partial charge in [-0.1, -0.05) is 45.0 Å². The van der Waals surface area contributed by atoms with Crippen molar-refractivity contribution in [3.8, 4) is 17.1 Å². The van der Waals surface area contributed by atoms with E-state index >= 15 is 0 Å². The number of aryl methyl sites for hydroxylation is 3. The maximum Gasteiger partial charge on any atom is 0.335 e. The third-order valence-electron chi connectivity index (χ3n) is 11.2. The average molecular weight is 782 g/mol. The number of sulfonamides is 1. The first-order valence-corrected chi connectivity index (χ1v) is 20.5. The van der Waals surface area contributed by atoms with Gasteiger partial charge in [0.25, 0.3) is 10.0 Å². The van der Waals surface area contributed by atoms with Gasteiger partial charge in [-0.25, -0.2) is 27.9 Å². The molecule has 13 nitrogen and oxygen atoms in total. The van der Waals surface area contributed by atoms with E-state index in [0.717, 1.165) is 58.4 Å². The molecule has 1 atom stereocenters. The number of anilines is 1. The number of carboxylic acid groups (broad SMARTS) is 1. The number of nitrogens with one attached hydrogen (secondary N) is 2. The number of ether oxygens (including phenoxy) is 2. The zero-order valence-corrected chi connectivity index (χ0v) is 34.0. The van der Waals surface area contributed by atoms with Crippen LogP contribution in [0.2, 0.25) is 0 Å². The van der Waals surface area contributed by atoms with Gasteiger partial charge in [0.2, 0.25) is 11.8 Å². The van der Waals surface area contributed by atoms with Crippen LogP contribution in [0.1, 0.15) is 84.9 Å². The second kappa shape index (κ2) is 15.2. The molecule has 0 spiro atoms. The van der Waals surface area contributed by atoms with Crippen LogP contribution >= 0.6 is 0 Å². The van der Waals surface area contributed by atoms with Crippen molar-refractivity contribution in [3.63, 3.8) is 0 Å². The number of nitrogens with zero attached hydrogens (tertiary/aromatic N) is 5. The molecule has 3 aliphatic rings. The minimum Gasteiger partial charge on any atom is -0.478 e. The molecule has 8 rings (SSSR count). The van der Waals surface area contributed by atoms with Gasteiger partial charge in [-0.05, 0) is 86.6 Å². The topological polar surface area (TPSA) is 170 Å². The number of fused-ring (bicyclic) bond motifs is 1. The Morgan fingerprint density at radius 1 is 1.05 bits per heavy atom. The Hall–Kier alpha value is -4.92. The molecule has 3 saturated carbocycles. The SMILES string of the molecule is COCCc1c(C(C)(C)C)n(C)c2nc(CN[C@@H](COc3cc(-c4c(C)cccc4C)nc(NS(=O)(=O)c4cccc(C(=O)O)c4)n3)CC34CC(C3)C4)cnc12. The molecule has 0 saturated heterocycles. The van der Waals surface area contributed by atoms with E-state index in [1.807, 2.05) is 38.2 Å². The van der Waals surface area contributed by atoms with E-state index in [-0.39, 0.29) is 40.4 Å². The quantitative estimate of drug-likeness (QED) is 0.0967. The van der Waals surface area contributed by atoms with Gasteiger partial charge in [0.1, 0.15) is 12.1 Å². The molecule has 3 heterocycles. The fourth-order valence-corrected chi connectivity index (χ4v) is 9.67. The monoisotopic (exact) mass is 781 g/mol. The van der Waals surface area contributed by atoms with E-state index in [4.69, 9.17) is 19.4 Å². The second-order valence-corrected chi connectivity index (χ2v) is 18.3. The first-order chi connectivity index (χ1) is 26.6. The molecule has 5 aromatic rings. The molecule has 2 aromatic carbocycles. The Kier molecular flexibility index (Phi) is 10.7. The lowest BCUT2D eigenvalue weighted by Gasteiger charge is -2.63. The minimum absolute atomic E-state index is 0.0536. The molecule has 296 valence electrons. The van der Waals surface area contributed by atoms with E-state index in [0.29, 0.717) is 24.3 Å². The van der Waals surface area contributed by atoms with Crippen molar-refractivity contribution in [2.75, 3.05) is 25.0 Å². The van der Waals surface area contributed by atoms with Gasteiger partial charge in [-0.2, -0.15) is 4.98 Å². The fourth-order valence-electron chi connectivity index (χ4n) is 8.69. The van der Waals surface area contributed by atoms with Crippen LogP contribution < -0.4 is 14.8 Å². The standard InChI is InChI=1S/C42H51N7O6S/c1-25-10-8-11-26(2)35(25)33-17-34(47-40(46-33)48-56(52,53)31-13-9-12-28(16-31)39(50)51)55-24-29(21-42-18-27(19-42)20-42)43-22-30-23-44-36-32(14-15-54-7)37(41(3,4)5)49(6)38(36)45-30/h8-13,16-17,23,27,29,43H,14-15,18-22,24H2,1-7H3,(H,50,51)(H,46,47,48)/t27?,29-,42?/m1/s1. The van der Waals surface area contributed by atoms with E-state index in [1.54, 1.807) is 13.2 Å². The zero-order chi connectivity index (χ0) is 40.0. The largest absolute Gasteiger partial charge is 0.478 e. The number of hydrogen-bond acceptors (Lipinski definition) is 10. The summed E-state index contributed by atoms with van der Waals surface area (Å²) in [6.45, 7) is 11.9. The molecule has 3 aliphatic carbocycles. The van der Waals surface area contributed by atoms with Crippen LogP contribution in [0.5, 0.6) is 5.88 Å². The predicted octanol–water partition coefficient (Wildman–Crippen LogP) is 6.75. The first-order valence-electron chi connectivity index (χ1n) is 19.1. The van der Waals surface area contributed by atoms with E-state index in [2.05, 4.69) is 52.4 Å². The highest BCUT2D eigenvalue weighted by Crippen LogP contribution is 2.66. The van der Waals surface area contributed by atoms with Gasteiger partial charge >= 0.3 is 5.97 Å². The fraction of sp³-hybridized carbons (Fsp3) is 0.452. The van der Waals surface area contributed by atoms with Crippen LogP contribution in [0.4, 0.5) is 5.95 Å². The van der Waals surface area contributed by atoms with Crippen molar-refractivity contribution in [2.24, 2.45) is 18.4 Å².